The summed E-state index contributed by atoms with van der Waals surface area (Å²) >= 11 is 3.57. The molecule has 104 valence electrons. The summed E-state index contributed by atoms with van der Waals surface area (Å²) in [6.07, 6.45) is 3.82. The smallest absolute Gasteiger partial charge is 0.123 e. The highest BCUT2D eigenvalue weighted by molar-refractivity contribution is 9.10. The van der Waals surface area contributed by atoms with Gasteiger partial charge in [-0.15, -0.1) is 0 Å². The molecule has 1 aliphatic heterocycles. The molecule has 0 amide bonds. The zero-order chi connectivity index (χ0) is 13.4. The number of hydrogen-bond donors (Lipinski definition) is 1. The van der Waals surface area contributed by atoms with E-state index in [1.165, 1.54) is 25.3 Å². The first-order valence-corrected chi connectivity index (χ1v) is 7.83. The SMILES string of the molecule is CN1CCC(CNC2CC2)C1c1cc(F)ccc1Br. The van der Waals surface area contributed by atoms with E-state index in [0.29, 0.717) is 12.0 Å². The van der Waals surface area contributed by atoms with Gasteiger partial charge in [-0.25, -0.2) is 4.39 Å². The highest BCUT2D eigenvalue weighted by atomic mass is 79.9. The topological polar surface area (TPSA) is 15.3 Å². The van der Waals surface area contributed by atoms with Gasteiger partial charge in [0, 0.05) is 23.1 Å². The highest BCUT2D eigenvalue weighted by Crippen LogP contribution is 2.39. The van der Waals surface area contributed by atoms with Gasteiger partial charge in [-0.05, 0) is 62.5 Å². The number of likely N-dealkylation sites (tertiary alicyclic amines) is 1. The van der Waals surface area contributed by atoms with Gasteiger partial charge in [0.25, 0.3) is 0 Å². The zero-order valence-electron chi connectivity index (χ0n) is 11.2. The number of rotatable bonds is 4. The predicted octanol–water partition coefficient (Wildman–Crippen LogP) is 3.33. The molecule has 2 aliphatic rings. The van der Waals surface area contributed by atoms with E-state index in [1.54, 1.807) is 6.07 Å². The second-order valence-corrected chi connectivity index (χ2v) is 6.68. The molecule has 4 heteroatoms. The van der Waals surface area contributed by atoms with Crippen LogP contribution < -0.4 is 5.32 Å². The molecule has 0 bridgehead atoms. The molecule has 1 saturated heterocycles. The Morgan fingerprint density at radius 3 is 2.89 bits per heavy atom. The van der Waals surface area contributed by atoms with Crippen molar-refractivity contribution >= 4 is 15.9 Å². The first-order chi connectivity index (χ1) is 9.15. The maximum atomic E-state index is 13.5. The molecule has 2 unspecified atom stereocenters. The maximum absolute atomic E-state index is 13.5. The van der Waals surface area contributed by atoms with E-state index in [9.17, 15) is 4.39 Å². The van der Waals surface area contributed by atoms with E-state index in [1.807, 2.05) is 6.07 Å². The summed E-state index contributed by atoms with van der Waals surface area (Å²) < 4.78 is 14.5. The predicted molar refractivity (Wildman–Crippen MR) is 78.6 cm³/mol. The van der Waals surface area contributed by atoms with Crippen molar-refractivity contribution in [3.63, 3.8) is 0 Å². The summed E-state index contributed by atoms with van der Waals surface area (Å²) in [5.41, 5.74) is 1.09. The lowest BCUT2D eigenvalue weighted by Gasteiger charge is -2.27. The summed E-state index contributed by atoms with van der Waals surface area (Å²) in [4.78, 5) is 2.35. The van der Waals surface area contributed by atoms with E-state index in [2.05, 4.69) is 33.2 Å². The standard InChI is InChI=1S/C15H20BrFN2/c1-19-7-6-10(9-18-12-3-4-12)15(19)13-8-11(17)2-5-14(13)16/h2,5,8,10,12,15,18H,3-4,6-7,9H2,1H3. The summed E-state index contributed by atoms with van der Waals surface area (Å²) in [5.74, 6) is 0.427. The van der Waals surface area contributed by atoms with Gasteiger partial charge in [0.1, 0.15) is 5.82 Å². The Kier molecular flexibility index (Phi) is 3.92. The number of hydrogen-bond acceptors (Lipinski definition) is 2. The van der Waals surface area contributed by atoms with Crippen molar-refractivity contribution in [2.75, 3.05) is 20.1 Å². The third kappa shape index (κ3) is 3.01. The monoisotopic (exact) mass is 326 g/mol. The Morgan fingerprint density at radius 2 is 2.16 bits per heavy atom. The lowest BCUT2D eigenvalue weighted by molar-refractivity contribution is 0.270. The maximum Gasteiger partial charge on any atom is 0.123 e. The van der Waals surface area contributed by atoms with Gasteiger partial charge in [0.15, 0.2) is 0 Å². The lowest BCUT2D eigenvalue weighted by Crippen LogP contribution is -2.29. The fraction of sp³-hybridized carbons (Fsp3) is 0.600. The minimum atomic E-state index is -0.146. The average molecular weight is 327 g/mol. The van der Waals surface area contributed by atoms with Gasteiger partial charge < -0.3 is 5.32 Å². The van der Waals surface area contributed by atoms with Gasteiger partial charge in [0.2, 0.25) is 0 Å². The Balaban J connectivity index is 1.79. The Morgan fingerprint density at radius 1 is 1.37 bits per heavy atom. The molecular formula is C15H20BrFN2. The van der Waals surface area contributed by atoms with E-state index >= 15 is 0 Å². The molecule has 1 N–H and O–H groups in total. The van der Waals surface area contributed by atoms with Gasteiger partial charge in [-0.2, -0.15) is 0 Å². The van der Waals surface area contributed by atoms with Crippen LogP contribution in [0, 0.1) is 11.7 Å². The molecule has 2 fully saturated rings. The van der Waals surface area contributed by atoms with Crippen LogP contribution >= 0.6 is 15.9 Å². The Bertz CT molecular complexity index is 461. The van der Waals surface area contributed by atoms with E-state index in [4.69, 9.17) is 0 Å². The third-order valence-corrected chi connectivity index (χ3v) is 5.02. The van der Waals surface area contributed by atoms with Crippen molar-refractivity contribution in [3.05, 3.63) is 34.1 Å². The molecule has 1 heterocycles. The number of halogens is 2. The largest absolute Gasteiger partial charge is 0.314 e. The summed E-state index contributed by atoms with van der Waals surface area (Å²) in [5, 5.41) is 3.62. The summed E-state index contributed by atoms with van der Waals surface area (Å²) in [6, 6.07) is 6.07. The normalized spacial score (nSPS) is 27.9. The van der Waals surface area contributed by atoms with Gasteiger partial charge in [0.05, 0.1) is 0 Å². The second-order valence-electron chi connectivity index (χ2n) is 5.82. The number of nitrogens with one attached hydrogen (secondary N) is 1. The number of nitrogens with zero attached hydrogens (tertiary/aromatic N) is 1. The van der Waals surface area contributed by atoms with Gasteiger partial charge >= 0.3 is 0 Å². The van der Waals surface area contributed by atoms with Crippen LogP contribution in [0.5, 0.6) is 0 Å². The van der Waals surface area contributed by atoms with Gasteiger partial charge in [-0.1, -0.05) is 15.9 Å². The molecule has 0 radical (unpaired) electrons. The molecule has 2 atom stereocenters. The lowest BCUT2D eigenvalue weighted by atomic mass is 9.93. The van der Waals surface area contributed by atoms with Crippen molar-refractivity contribution in [1.82, 2.24) is 10.2 Å². The molecular weight excluding hydrogens is 307 g/mol. The molecule has 1 aromatic rings. The fourth-order valence-electron chi connectivity index (χ4n) is 3.08. The summed E-state index contributed by atoms with van der Waals surface area (Å²) in [6.45, 7) is 2.13. The average Bonchev–Trinajstić information content (AvgIpc) is 3.14. The highest BCUT2D eigenvalue weighted by Gasteiger charge is 2.35. The minimum Gasteiger partial charge on any atom is -0.314 e. The molecule has 2 nitrogen and oxygen atoms in total. The van der Waals surface area contributed by atoms with E-state index in [-0.39, 0.29) is 5.82 Å². The van der Waals surface area contributed by atoms with Crippen LogP contribution in [0.4, 0.5) is 4.39 Å². The first-order valence-electron chi connectivity index (χ1n) is 7.03. The number of benzene rings is 1. The van der Waals surface area contributed by atoms with Crippen molar-refractivity contribution in [1.29, 1.82) is 0 Å². The van der Waals surface area contributed by atoms with Crippen LogP contribution in [-0.4, -0.2) is 31.1 Å². The van der Waals surface area contributed by atoms with Crippen molar-refractivity contribution in [2.24, 2.45) is 5.92 Å². The molecule has 19 heavy (non-hydrogen) atoms. The first kappa shape index (κ1) is 13.5. The van der Waals surface area contributed by atoms with Crippen molar-refractivity contribution in [2.45, 2.75) is 31.3 Å². The van der Waals surface area contributed by atoms with Crippen LogP contribution in [0.2, 0.25) is 0 Å². The van der Waals surface area contributed by atoms with Crippen LogP contribution in [-0.2, 0) is 0 Å². The van der Waals surface area contributed by atoms with Crippen LogP contribution in [0.15, 0.2) is 22.7 Å². The molecule has 3 rings (SSSR count). The van der Waals surface area contributed by atoms with Crippen molar-refractivity contribution in [3.8, 4) is 0 Å². The molecule has 1 aromatic carbocycles. The fourth-order valence-corrected chi connectivity index (χ4v) is 3.56. The van der Waals surface area contributed by atoms with Crippen LogP contribution in [0.3, 0.4) is 0 Å². The molecule has 1 aliphatic carbocycles. The Labute approximate surface area is 122 Å². The second kappa shape index (κ2) is 5.51. The molecule has 0 aromatic heterocycles. The van der Waals surface area contributed by atoms with E-state index < -0.39 is 0 Å². The Hall–Kier alpha value is -0.450. The summed E-state index contributed by atoms with van der Waals surface area (Å²) in [7, 11) is 2.14. The molecule has 0 spiro atoms. The molecule has 1 saturated carbocycles. The minimum absolute atomic E-state index is 0.146. The quantitative estimate of drug-likeness (QED) is 0.913. The van der Waals surface area contributed by atoms with Gasteiger partial charge in [-0.3, -0.25) is 4.90 Å². The van der Waals surface area contributed by atoms with Crippen molar-refractivity contribution < 1.29 is 4.39 Å². The van der Waals surface area contributed by atoms with Crippen LogP contribution in [0.25, 0.3) is 0 Å². The van der Waals surface area contributed by atoms with E-state index in [0.717, 1.165) is 29.2 Å². The van der Waals surface area contributed by atoms with Crippen LogP contribution in [0.1, 0.15) is 30.9 Å². The third-order valence-electron chi connectivity index (χ3n) is 4.30. The zero-order valence-corrected chi connectivity index (χ0v) is 12.8.